The Balaban J connectivity index is 1.76. The zero-order chi connectivity index (χ0) is 16.5. The molecule has 1 aliphatic heterocycles. The van der Waals surface area contributed by atoms with Gasteiger partial charge in [-0.3, -0.25) is 0 Å². The highest BCUT2D eigenvalue weighted by Gasteiger charge is 2.36. The monoisotopic (exact) mass is 332 g/mol. The molecule has 0 bridgehead atoms. The lowest BCUT2D eigenvalue weighted by Crippen LogP contribution is -2.16. The third kappa shape index (κ3) is 2.94. The molecule has 1 heterocycles. The van der Waals surface area contributed by atoms with Gasteiger partial charge in [-0.05, 0) is 31.5 Å². The Hall–Kier alpha value is -2.19. The molecule has 0 aromatic heterocycles. The molecule has 0 amide bonds. The summed E-state index contributed by atoms with van der Waals surface area (Å²) in [6.07, 6.45) is 6.84. The third-order valence-electron chi connectivity index (χ3n) is 4.41. The maximum Gasteiger partial charge on any atom is 0.127 e. The van der Waals surface area contributed by atoms with Crippen molar-refractivity contribution in [2.45, 2.75) is 19.1 Å². The molecule has 4 rings (SSSR count). The van der Waals surface area contributed by atoms with Gasteiger partial charge >= 0.3 is 0 Å². The van der Waals surface area contributed by atoms with Gasteiger partial charge in [0, 0.05) is 5.25 Å². The van der Waals surface area contributed by atoms with E-state index in [4.69, 9.17) is 4.74 Å². The first kappa shape index (κ1) is 15.3. The first-order valence-corrected chi connectivity index (χ1v) is 9.16. The van der Waals surface area contributed by atoms with Crippen LogP contribution in [-0.4, -0.2) is 5.25 Å². The summed E-state index contributed by atoms with van der Waals surface area (Å²) in [7, 11) is 0. The highest BCUT2D eigenvalue weighted by atomic mass is 32.2. The van der Waals surface area contributed by atoms with Crippen LogP contribution in [0.2, 0.25) is 0 Å². The molecule has 0 N–H and O–H groups in total. The molecule has 2 atom stereocenters. The molecule has 24 heavy (non-hydrogen) atoms. The summed E-state index contributed by atoms with van der Waals surface area (Å²) in [6, 6.07) is 18.8. The molecule has 0 saturated carbocycles. The van der Waals surface area contributed by atoms with Crippen molar-refractivity contribution in [1.82, 2.24) is 0 Å². The number of allylic oxidation sites excluding steroid dienone is 3. The van der Waals surface area contributed by atoms with E-state index in [1.807, 2.05) is 42.1 Å². The Kier molecular flexibility index (Phi) is 4.07. The van der Waals surface area contributed by atoms with Crippen molar-refractivity contribution in [3.8, 4) is 5.75 Å². The first-order valence-electron chi connectivity index (χ1n) is 8.28. The van der Waals surface area contributed by atoms with Crippen molar-refractivity contribution >= 4 is 16.7 Å². The number of benzene rings is 2. The van der Waals surface area contributed by atoms with E-state index in [1.165, 1.54) is 21.6 Å². The Morgan fingerprint density at radius 3 is 2.42 bits per heavy atom. The van der Waals surface area contributed by atoms with Crippen molar-refractivity contribution in [2.24, 2.45) is 5.92 Å². The van der Waals surface area contributed by atoms with E-state index in [1.54, 1.807) is 0 Å². The largest absolute Gasteiger partial charge is 0.460 e. The van der Waals surface area contributed by atoms with Crippen LogP contribution in [0.4, 0.5) is 0 Å². The average Bonchev–Trinajstić information content (AvgIpc) is 2.94. The number of hydrogen-bond donors (Lipinski definition) is 0. The average molecular weight is 332 g/mol. The van der Waals surface area contributed by atoms with Gasteiger partial charge in [0.2, 0.25) is 0 Å². The molecule has 1 aliphatic carbocycles. The number of para-hydroxylation sites is 1. The lowest BCUT2D eigenvalue weighted by Gasteiger charge is -2.20. The molecule has 0 spiro atoms. The van der Waals surface area contributed by atoms with Crippen LogP contribution in [0.1, 0.15) is 18.1 Å². The number of rotatable bonds is 3. The number of fused-ring (bicyclic) bond motifs is 1. The van der Waals surface area contributed by atoms with Crippen LogP contribution in [0.15, 0.2) is 84.2 Å². The van der Waals surface area contributed by atoms with Crippen molar-refractivity contribution in [2.75, 3.05) is 0 Å². The van der Waals surface area contributed by atoms with Crippen LogP contribution < -0.4 is 4.74 Å². The smallest absolute Gasteiger partial charge is 0.127 e. The summed E-state index contributed by atoms with van der Waals surface area (Å²) < 4.78 is 6.36. The lowest BCUT2D eigenvalue weighted by atomic mass is 9.94. The zero-order valence-electron chi connectivity index (χ0n) is 13.9. The van der Waals surface area contributed by atoms with Gasteiger partial charge in [-0.25, -0.2) is 0 Å². The van der Waals surface area contributed by atoms with Crippen LogP contribution in [0.5, 0.6) is 5.75 Å². The molecule has 2 heteroatoms. The number of aryl methyl sites for hydroxylation is 1. The summed E-state index contributed by atoms with van der Waals surface area (Å²) in [5.74, 6) is 2.27. The van der Waals surface area contributed by atoms with E-state index in [-0.39, 0.29) is 0 Å². The van der Waals surface area contributed by atoms with Crippen molar-refractivity contribution in [1.29, 1.82) is 0 Å². The summed E-state index contributed by atoms with van der Waals surface area (Å²) in [5.41, 5.74) is 3.85. The Labute approximate surface area is 147 Å². The van der Waals surface area contributed by atoms with Gasteiger partial charge in [-0.15, -0.1) is 11.8 Å². The fraction of sp³-hybridized carbons (Fsp3) is 0.182. The summed E-state index contributed by atoms with van der Waals surface area (Å²) in [4.78, 5) is 1.25. The Bertz CT molecular complexity index is 828. The van der Waals surface area contributed by atoms with E-state index >= 15 is 0 Å². The van der Waals surface area contributed by atoms with Gasteiger partial charge < -0.3 is 4.74 Å². The van der Waals surface area contributed by atoms with Crippen LogP contribution in [-0.2, 0) is 0 Å². The van der Waals surface area contributed by atoms with Gasteiger partial charge in [0.15, 0.2) is 0 Å². The van der Waals surface area contributed by atoms with Crippen LogP contribution in [0.3, 0.4) is 0 Å². The van der Waals surface area contributed by atoms with Crippen LogP contribution >= 0.6 is 11.8 Å². The molecule has 2 aliphatic rings. The molecule has 2 unspecified atom stereocenters. The predicted octanol–water partition coefficient (Wildman–Crippen LogP) is 5.99. The molecule has 120 valence electrons. The minimum atomic E-state index is 0.301. The first-order chi connectivity index (χ1) is 11.7. The lowest BCUT2D eigenvalue weighted by molar-refractivity contribution is 0.383. The standard InChI is InChI=1S/C22H20OS/c1-15-8-11-17(12-9-15)22-21(23-18-6-4-3-5-7-18)19-13-10-16(2)14-20(19)24-22/h3-14,19-20H,1-2H3. The van der Waals surface area contributed by atoms with E-state index in [9.17, 15) is 0 Å². The quantitative estimate of drug-likeness (QED) is 0.682. The second-order valence-electron chi connectivity index (χ2n) is 6.35. The normalized spacial score (nSPS) is 22.3. The fourth-order valence-corrected chi connectivity index (χ4v) is 4.60. The number of ether oxygens (including phenoxy) is 1. The van der Waals surface area contributed by atoms with Crippen LogP contribution in [0.25, 0.3) is 4.91 Å². The number of hydrogen-bond acceptors (Lipinski definition) is 2. The Morgan fingerprint density at radius 2 is 1.67 bits per heavy atom. The van der Waals surface area contributed by atoms with Crippen molar-refractivity contribution in [3.05, 3.63) is 95.3 Å². The molecular weight excluding hydrogens is 312 g/mol. The molecule has 0 fully saturated rings. The number of thioether (sulfide) groups is 1. The summed E-state index contributed by atoms with van der Waals surface area (Å²) in [6.45, 7) is 4.28. The molecule has 2 aromatic carbocycles. The van der Waals surface area contributed by atoms with Crippen molar-refractivity contribution < 1.29 is 4.74 Å². The predicted molar refractivity (Wildman–Crippen MR) is 103 cm³/mol. The highest BCUT2D eigenvalue weighted by Crippen LogP contribution is 2.50. The van der Waals surface area contributed by atoms with Gasteiger partial charge in [-0.2, -0.15) is 0 Å². The Morgan fingerprint density at radius 1 is 0.917 bits per heavy atom. The zero-order valence-corrected chi connectivity index (χ0v) is 14.7. The van der Waals surface area contributed by atoms with E-state index in [0.29, 0.717) is 11.2 Å². The highest BCUT2D eigenvalue weighted by molar-refractivity contribution is 8.09. The minimum Gasteiger partial charge on any atom is -0.460 e. The molecule has 1 nitrogen and oxygen atoms in total. The summed E-state index contributed by atoms with van der Waals surface area (Å²) in [5, 5.41) is 0.421. The molecular formula is C22H20OS. The molecule has 0 saturated heterocycles. The van der Waals surface area contributed by atoms with Crippen LogP contribution in [0, 0.1) is 12.8 Å². The maximum absolute atomic E-state index is 6.36. The van der Waals surface area contributed by atoms with E-state index in [2.05, 4.69) is 56.3 Å². The summed E-state index contributed by atoms with van der Waals surface area (Å²) >= 11 is 1.91. The van der Waals surface area contributed by atoms with Gasteiger partial charge in [-0.1, -0.05) is 71.8 Å². The molecule has 0 radical (unpaired) electrons. The minimum absolute atomic E-state index is 0.301. The van der Waals surface area contributed by atoms with E-state index < -0.39 is 0 Å². The van der Waals surface area contributed by atoms with Gasteiger partial charge in [0.05, 0.1) is 10.8 Å². The van der Waals surface area contributed by atoms with Gasteiger partial charge in [0.1, 0.15) is 11.5 Å². The third-order valence-corrected chi connectivity index (χ3v) is 5.79. The van der Waals surface area contributed by atoms with E-state index in [0.717, 1.165) is 11.5 Å². The second-order valence-corrected chi connectivity index (χ2v) is 7.54. The van der Waals surface area contributed by atoms with Crippen molar-refractivity contribution in [3.63, 3.8) is 0 Å². The van der Waals surface area contributed by atoms with Gasteiger partial charge in [0.25, 0.3) is 0 Å². The molecule has 2 aromatic rings. The maximum atomic E-state index is 6.36. The SMILES string of the molecule is CC1=CC2SC(c3ccc(C)cc3)=C(Oc3ccccc3)C2C=C1. The second kappa shape index (κ2) is 6.37. The topological polar surface area (TPSA) is 9.23 Å². The fourth-order valence-electron chi connectivity index (χ4n) is 3.12.